The van der Waals surface area contributed by atoms with Gasteiger partial charge < -0.3 is 14.2 Å². The fraction of sp³-hybridized carbons (Fsp3) is 0.385. The molecule has 0 unspecified atom stereocenters. The predicted molar refractivity (Wildman–Crippen MR) is 135 cm³/mol. The molecule has 0 aliphatic heterocycles. The minimum Gasteiger partial charge on any atom is -0.497 e. The summed E-state index contributed by atoms with van der Waals surface area (Å²) in [6.45, 7) is 6.07. The number of aryl methyl sites for hydroxylation is 1. The van der Waals surface area contributed by atoms with Crippen LogP contribution < -0.4 is 9.47 Å². The van der Waals surface area contributed by atoms with E-state index in [9.17, 15) is 8.42 Å². The largest absolute Gasteiger partial charge is 0.497 e. The van der Waals surface area contributed by atoms with Gasteiger partial charge in [-0.05, 0) is 61.7 Å². The molecule has 0 saturated heterocycles. The van der Waals surface area contributed by atoms with Crippen molar-refractivity contribution >= 4 is 10.0 Å². The zero-order valence-electron chi connectivity index (χ0n) is 20.8. The molecule has 2 aromatic carbocycles. The number of rotatable bonds is 12. The number of benzene rings is 2. The predicted octanol–water partition coefficient (Wildman–Crippen LogP) is 4.30. The standard InChI is InChI=1S/C26H33N3O5S/c1-6-34-25(26-27-15-19(2)16-28-26)20(3)35(30,31)29(17-21-7-11-23(32-4)12-8-21)18-22-9-13-24(33-5)14-10-22/h7-16,20,25H,6,17-18H2,1-5H3/t20-,25-/m0/s1. The first-order valence-electron chi connectivity index (χ1n) is 11.4. The fourth-order valence-electron chi connectivity index (χ4n) is 3.65. The van der Waals surface area contributed by atoms with E-state index < -0.39 is 21.4 Å². The van der Waals surface area contributed by atoms with Crippen molar-refractivity contribution in [1.82, 2.24) is 14.3 Å². The van der Waals surface area contributed by atoms with Gasteiger partial charge in [0.05, 0.1) is 14.2 Å². The van der Waals surface area contributed by atoms with E-state index in [0.29, 0.717) is 23.9 Å². The lowest BCUT2D eigenvalue weighted by Gasteiger charge is -2.30. The van der Waals surface area contributed by atoms with Crippen LogP contribution in [0, 0.1) is 6.92 Å². The van der Waals surface area contributed by atoms with Gasteiger partial charge in [0.15, 0.2) is 5.82 Å². The Bertz CT molecular complexity index is 1120. The van der Waals surface area contributed by atoms with Crippen molar-refractivity contribution in [1.29, 1.82) is 0 Å². The fourth-order valence-corrected chi connectivity index (χ4v) is 5.29. The van der Waals surface area contributed by atoms with Gasteiger partial charge in [0.25, 0.3) is 0 Å². The van der Waals surface area contributed by atoms with Gasteiger partial charge in [-0.25, -0.2) is 18.4 Å². The van der Waals surface area contributed by atoms with Crippen LogP contribution >= 0.6 is 0 Å². The quantitative estimate of drug-likeness (QED) is 0.367. The molecular weight excluding hydrogens is 466 g/mol. The average molecular weight is 500 g/mol. The van der Waals surface area contributed by atoms with Gasteiger partial charge in [-0.3, -0.25) is 0 Å². The number of methoxy groups -OCH3 is 2. The third-order valence-corrected chi connectivity index (χ3v) is 7.86. The second kappa shape index (κ2) is 12.1. The van der Waals surface area contributed by atoms with Crippen molar-refractivity contribution in [2.45, 2.75) is 45.2 Å². The Hall–Kier alpha value is -3.01. The van der Waals surface area contributed by atoms with Crippen LogP contribution in [-0.2, 0) is 27.8 Å². The summed E-state index contributed by atoms with van der Waals surface area (Å²) in [6, 6.07) is 14.7. The molecule has 2 atom stereocenters. The zero-order valence-corrected chi connectivity index (χ0v) is 21.7. The van der Waals surface area contributed by atoms with E-state index in [4.69, 9.17) is 14.2 Å². The SMILES string of the molecule is CCO[C@H](c1ncc(C)cn1)[C@H](C)S(=O)(=O)N(Cc1ccc(OC)cc1)Cc1ccc(OC)cc1. The lowest BCUT2D eigenvalue weighted by atomic mass is 10.2. The van der Waals surface area contributed by atoms with Crippen LogP contribution in [-0.4, -0.2) is 48.8 Å². The van der Waals surface area contributed by atoms with E-state index in [2.05, 4.69) is 9.97 Å². The first-order chi connectivity index (χ1) is 16.8. The van der Waals surface area contributed by atoms with Crippen LogP contribution in [0.3, 0.4) is 0 Å². The number of nitrogens with zero attached hydrogens (tertiary/aromatic N) is 3. The summed E-state index contributed by atoms with van der Waals surface area (Å²) in [5.74, 6) is 1.77. The third kappa shape index (κ3) is 6.78. The van der Waals surface area contributed by atoms with Crippen LogP contribution in [0.4, 0.5) is 0 Å². The van der Waals surface area contributed by atoms with Gasteiger partial charge in [0.1, 0.15) is 22.9 Å². The summed E-state index contributed by atoms with van der Waals surface area (Å²) in [5.41, 5.74) is 2.57. The summed E-state index contributed by atoms with van der Waals surface area (Å²) >= 11 is 0. The summed E-state index contributed by atoms with van der Waals surface area (Å²) < 4.78 is 45.8. The number of ether oxygens (including phenoxy) is 3. The Balaban J connectivity index is 1.95. The summed E-state index contributed by atoms with van der Waals surface area (Å²) in [6.07, 6.45) is 2.53. The molecule has 8 nitrogen and oxygen atoms in total. The Morgan fingerprint density at radius 2 is 1.31 bits per heavy atom. The third-order valence-electron chi connectivity index (χ3n) is 5.69. The molecule has 35 heavy (non-hydrogen) atoms. The van der Waals surface area contributed by atoms with E-state index in [1.807, 2.05) is 62.4 Å². The second-order valence-corrected chi connectivity index (χ2v) is 10.5. The van der Waals surface area contributed by atoms with Crippen LogP contribution in [0.15, 0.2) is 60.9 Å². The van der Waals surface area contributed by atoms with Gasteiger partial charge in [-0.15, -0.1) is 0 Å². The zero-order chi connectivity index (χ0) is 25.4. The number of hydrogen-bond acceptors (Lipinski definition) is 7. The molecule has 0 saturated carbocycles. The Labute approximate surface area is 207 Å². The molecular formula is C26H33N3O5S. The molecule has 1 aromatic heterocycles. The van der Waals surface area contributed by atoms with Crippen molar-refractivity contribution in [2.75, 3.05) is 20.8 Å². The molecule has 0 aliphatic carbocycles. The molecule has 9 heteroatoms. The van der Waals surface area contributed by atoms with E-state index in [1.165, 1.54) is 4.31 Å². The first-order valence-corrected chi connectivity index (χ1v) is 12.9. The van der Waals surface area contributed by atoms with E-state index in [1.54, 1.807) is 33.5 Å². The van der Waals surface area contributed by atoms with Crippen LogP contribution in [0.5, 0.6) is 11.5 Å². The minimum atomic E-state index is -3.84. The van der Waals surface area contributed by atoms with E-state index in [-0.39, 0.29) is 13.1 Å². The van der Waals surface area contributed by atoms with Gasteiger partial charge in [0, 0.05) is 32.1 Å². The van der Waals surface area contributed by atoms with E-state index >= 15 is 0 Å². The number of hydrogen-bond donors (Lipinski definition) is 0. The molecule has 0 fully saturated rings. The molecule has 0 bridgehead atoms. The maximum Gasteiger partial charge on any atom is 0.220 e. The van der Waals surface area contributed by atoms with Crippen molar-refractivity contribution in [3.05, 3.63) is 83.4 Å². The van der Waals surface area contributed by atoms with Crippen molar-refractivity contribution < 1.29 is 22.6 Å². The van der Waals surface area contributed by atoms with E-state index in [0.717, 1.165) is 16.7 Å². The number of aromatic nitrogens is 2. The van der Waals surface area contributed by atoms with Crippen LogP contribution in [0.2, 0.25) is 0 Å². The summed E-state index contributed by atoms with van der Waals surface area (Å²) in [7, 11) is -0.652. The molecule has 3 aromatic rings. The highest BCUT2D eigenvalue weighted by molar-refractivity contribution is 7.89. The Morgan fingerprint density at radius 1 is 0.857 bits per heavy atom. The lowest BCUT2D eigenvalue weighted by molar-refractivity contribution is 0.0543. The maximum absolute atomic E-state index is 14.0. The van der Waals surface area contributed by atoms with Gasteiger partial charge in [0.2, 0.25) is 10.0 Å². The Kier molecular flexibility index (Phi) is 9.20. The molecule has 188 valence electrons. The lowest BCUT2D eigenvalue weighted by Crippen LogP contribution is -2.40. The molecule has 0 spiro atoms. The smallest absolute Gasteiger partial charge is 0.220 e. The van der Waals surface area contributed by atoms with Crippen molar-refractivity contribution in [2.24, 2.45) is 0 Å². The summed E-state index contributed by atoms with van der Waals surface area (Å²) in [5, 5.41) is -0.915. The highest BCUT2D eigenvalue weighted by Gasteiger charge is 2.37. The Morgan fingerprint density at radius 3 is 1.71 bits per heavy atom. The van der Waals surface area contributed by atoms with Crippen molar-refractivity contribution in [3.63, 3.8) is 0 Å². The second-order valence-electron chi connectivity index (χ2n) is 8.21. The summed E-state index contributed by atoms with van der Waals surface area (Å²) in [4.78, 5) is 8.70. The van der Waals surface area contributed by atoms with Gasteiger partial charge in [-0.2, -0.15) is 4.31 Å². The highest BCUT2D eigenvalue weighted by atomic mass is 32.2. The van der Waals surface area contributed by atoms with Crippen molar-refractivity contribution in [3.8, 4) is 11.5 Å². The normalized spacial score (nSPS) is 13.4. The molecule has 0 N–H and O–H groups in total. The van der Waals surface area contributed by atoms with Crippen LogP contribution in [0.25, 0.3) is 0 Å². The van der Waals surface area contributed by atoms with Gasteiger partial charge >= 0.3 is 0 Å². The molecule has 3 rings (SSSR count). The molecule has 0 amide bonds. The monoisotopic (exact) mass is 499 g/mol. The molecule has 0 radical (unpaired) electrons. The van der Waals surface area contributed by atoms with Crippen LogP contribution in [0.1, 0.15) is 42.5 Å². The number of sulfonamides is 1. The molecule has 0 aliphatic rings. The highest BCUT2D eigenvalue weighted by Crippen LogP contribution is 2.28. The average Bonchev–Trinajstić information content (AvgIpc) is 2.88. The maximum atomic E-state index is 14.0. The topological polar surface area (TPSA) is 90.9 Å². The molecule has 1 heterocycles. The van der Waals surface area contributed by atoms with Gasteiger partial charge in [-0.1, -0.05) is 24.3 Å². The first kappa shape index (κ1) is 26.6. The minimum absolute atomic E-state index is 0.191.